The number of aromatic nitrogens is 2. The minimum Gasteiger partial charge on any atom is -0.335 e. The summed E-state index contributed by atoms with van der Waals surface area (Å²) in [7, 11) is 1.67. The van der Waals surface area contributed by atoms with E-state index in [1.165, 1.54) is 42.5 Å². The zero-order valence-electron chi connectivity index (χ0n) is 18.9. The highest BCUT2D eigenvalue weighted by Crippen LogP contribution is 2.45. The van der Waals surface area contributed by atoms with Crippen molar-refractivity contribution in [3.8, 4) is 0 Å². The fourth-order valence-corrected chi connectivity index (χ4v) is 7.00. The monoisotopic (exact) mass is 432 g/mol. The molecule has 6 heteroatoms. The lowest BCUT2D eigenvalue weighted by Gasteiger charge is -2.54. The molecule has 4 atom stereocenters. The largest absolute Gasteiger partial charge is 0.335 e. The third-order valence-electron chi connectivity index (χ3n) is 8.33. The molecule has 3 saturated heterocycles. The van der Waals surface area contributed by atoms with Crippen LogP contribution in [0, 0.1) is 11.8 Å². The number of hydrogen-bond donors (Lipinski definition) is 0. The van der Waals surface area contributed by atoms with Gasteiger partial charge in [0.25, 0.3) is 5.56 Å². The van der Waals surface area contributed by atoms with Crippen molar-refractivity contribution < 1.29 is 4.79 Å². The van der Waals surface area contributed by atoms with E-state index >= 15 is 0 Å². The summed E-state index contributed by atoms with van der Waals surface area (Å²) in [6, 6.07) is 8.49. The van der Waals surface area contributed by atoms with E-state index in [0.29, 0.717) is 22.9 Å². The van der Waals surface area contributed by atoms with Crippen LogP contribution < -0.4 is 5.56 Å². The summed E-state index contributed by atoms with van der Waals surface area (Å²) in [6.45, 7) is 3.18. The molecule has 4 heterocycles. The summed E-state index contributed by atoms with van der Waals surface area (Å²) in [5, 5.41) is 5.93. The molecule has 6 nitrogen and oxygen atoms in total. The van der Waals surface area contributed by atoms with Crippen LogP contribution in [0.5, 0.6) is 0 Å². The summed E-state index contributed by atoms with van der Waals surface area (Å²) in [5.74, 6) is 1.36. The zero-order valence-corrected chi connectivity index (χ0v) is 18.9. The van der Waals surface area contributed by atoms with Crippen molar-refractivity contribution in [2.75, 3.05) is 19.6 Å². The molecule has 2 aromatic rings. The van der Waals surface area contributed by atoms with Crippen molar-refractivity contribution in [2.45, 2.75) is 57.0 Å². The van der Waals surface area contributed by atoms with E-state index in [9.17, 15) is 9.59 Å². The van der Waals surface area contributed by atoms with E-state index in [2.05, 4.69) is 21.0 Å². The van der Waals surface area contributed by atoms with Gasteiger partial charge in [-0.1, -0.05) is 36.3 Å². The van der Waals surface area contributed by atoms with Gasteiger partial charge in [-0.25, -0.2) is 4.68 Å². The Hall–Kier alpha value is -2.47. The lowest BCUT2D eigenvalue weighted by molar-refractivity contribution is -0.135. The molecule has 3 fully saturated rings. The van der Waals surface area contributed by atoms with Crippen LogP contribution in [-0.2, 0) is 18.3 Å². The van der Waals surface area contributed by atoms with Crippen LogP contribution in [0.15, 0.2) is 40.7 Å². The number of amides is 1. The summed E-state index contributed by atoms with van der Waals surface area (Å²) in [4.78, 5) is 31.0. The number of piperidine rings is 3. The second-order valence-corrected chi connectivity index (χ2v) is 10.2. The molecule has 0 N–H and O–H groups in total. The summed E-state index contributed by atoms with van der Waals surface area (Å²) in [6.07, 6.45) is 10.2. The Kier molecular flexibility index (Phi) is 4.94. The fourth-order valence-electron chi connectivity index (χ4n) is 7.00. The molecule has 1 aromatic carbocycles. The molecular weight excluding hydrogens is 400 g/mol. The molecule has 32 heavy (non-hydrogen) atoms. The Morgan fingerprint density at radius 3 is 2.84 bits per heavy atom. The lowest BCUT2D eigenvalue weighted by atomic mass is 9.68. The molecule has 1 aliphatic carbocycles. The van der Waals surface area contributed by atoms with E-state index in [0.717, 1.165) is 37.4 Å². The van der Waals surface area contributed by atoms with E-state index in [1.807, 2.05) is 24.3 Å². The van der Waals surface area contributed by atoms with Crippen molar-refractivity contribution >= 4 is 16.7 Å². The molecule has 0 unspecified atom stereocenters. The van der Waals surface area contributed by atoms with Gasteiger partial charge in [0.15, 0.2) is 0 Å². The van der Waals surface area contributed by atoms with Crippen molar-refractivity contribution in [2.24, 2.45) is 18.9 Å². The van der Waals surface area contributed by atoms with Gasteiger partial charge in [0.2, 0.25) is 5.91 Å². The van der Waals surface area contributed by atoms with Gasteiger partial charge in [-0.05, 0) is 56.6 Å². The van der Waals surface area contributed by atoms with Crippen molar-refractivity contribution in [1.82, 2.24) is 19.6 Å². The van der Waals surface area contributed by atoms with Gasteiger partial charge in [0.1, 0.15) is 0 Å². The number of benzene rings is 1. The van der Waals surface area contributed by atoms with Crippen LogP contribution >= 0.6 is 0 Å². The second kappa shape index (κ2) is 7.84. The number of rotatable bonds is 2. The Morgan fingerprint density at radius 1 is 1.12 bits per heavy atom. The van der Waals surface area contributed by atoms with Crippen LogP contribution in [-0.4, -0.2) is 57.2 Å². The van der Waals surface area contributed by atoms with Crippen LogP contribution in [0.4, 0.5) is 0 Å². The van der Waals surface area contributed by atoms with E-state index in [-0.39, 0.29) is 23.9 Å². The third-order valence-corrected chi connectivity index (χ3v) is 8.33. The molecular formula is C26H32N4O2. The number of likely N-dealkylation sites (tertiary alicyclic amines) is 1. The third kappa shape index (κ3) is 3.22. The smallest absolute Gasteiger partial charge is 0.274 e. The molecule has 0 saturated carbocycles. The molecule has 6 rings (SSSR count). The van der Waals surface area contributed by atoms with Crippen molar-refractivity contribution in [3.63, 3.8) is 0 Å². The molecule has 0 spiro atoms. The average Bonchev–Trinajstić information content (AvgIpc) is 2.82. The summed E-state index contributed by atoms with van der Waals surface area (Å²) < 4.78 is 1.37. The topological polar surface area (TPSA) is 58.4 Å². The first-order chi connectivity index (χ1) is 15.6. The summed E-state index contributed by atoms with van der Waals surface area (Å²) in [5.41, 5.74) is 2.10. The zero-order chi connectivity index (χ0) is 21.8. The van der Waals surface area contributed by atoms with Gasteiger partial charge >= 0.3 is 0 Å². The minimum atomic E-state index is -0.114. The Balaban J connectivity index is 1.31. The minimum absolute atomic E-state index is 0.114. The quantitative estimate of drug-likeness (QED) is 0.685. The molecule has 3 aliphatic heterocycles. The lowest BCUT2D eigenvalue weighted by Crippen LogP contribution is -2.60. The van der Waals surface area contributed by atoms with Gasteiger partial charge in [-0.3, -0.25) is 14.5 Å². The van der Waals surface area contributed by atoms with E-state index in [1.54, 1.807) is 7.05 Å². The van der Waals surface area contributed by atoms with E-state index in [4.69, 9.17) is 0 Å². The highest BCUT2D eigenvalue weighted by atomic mass is 16.2. The number of fused-ring (bicyclic) bond motifs is 7. The van der Waals surface area contributed by atoms with Crippen molar-refractivity contribution in [3.05, 3.63) is 52.0 Å². The standard InChI is InChI=1S/C26H32N4O2/c1-28-26(32)21-9-3-2-8-20(21)22(27-28)15-24(31)30-12-6-7-17-13-18-14-19(25(17)30)16-29-11-5-4-10-23(18)29/h2-3,8-9,13,18-19,23,25H,4-7,10-12,14-16H2,1H3/t18-,19+,23-,25+/m0/s1. The second-order valence-electron chi connectivity index (χ2n) is 10.2. The summed E-state index contributed by atoms with van der Waals surface area (Å²) >= 11 is 0. The Morgan fingerprint density at radius 2 is 1.97 bits per heavy atom. The van der Waals surface area contributed by atoms with Gasteiger partial charge in [0.05, 0.1) is 23.5 Å². The van der Waals surface area contributed by atoms with Gasteiger partial charge in [-0.2, -0.15) is 5.10 Å². The van der Waals surface area contributed by atoms with Gasteiger partial charge < -0.3 is 4.90 Å². The molecule has 0 radical (unpaired) electrons. The number of hydrogen-bond acceptors (Lipinski definition) is 4. The van der Waals surface area contributed by atoms with Crippen LogP contribution in [0.25, 0.3) is 10.8 Å². The van der Waals surface area contributed by atoms with Crippen LogP contribution in [0.1, 0.15) is 44.2 Å². The maximum atomic E-state index is 13.7. The number of aryl methyl sites for hydroxylation is 1. The van der Waals surface area contributed by atoms with Gasteiger partial charge in [-0.15, -0.1) is 0 Å². The maximum Gasteiger partial charge on any atom is 0.274 e. The first kappa shape index (κ1) is 20.2. The SMILES string of the molecule is Cn1nc(CC(=O)N2CCCC3=C[C@H]4C[C@H](CN5CCCC[C@@H]45)[C@@H]32)c2ccccc2c1=O. The highest BCUT2D eigenvalue weighted by Gasteiger charge is 2.46. The normalized spacial score (nSPS) is 29.9. The number of nitrogens with zero attached hydrogens (tertiary/aromatic N) is 4. The number of carbonyl (C=O) groups excluding carboxylic acids is 1. The Labute approximate surface area is 188 Å². The number of carbonyl (C=O) groups is 1. The van der Waals surface area contributed by atoms with Crippen molar-refractivity contribution in [1.29, 1.82) is 0 Å². The Bertz CT molecular complexity index is 1150. The molecule has 1 aromatic heterocycles. The fraction of sp³-hybridized carbons (Fsp3) is 0.577. The molecule has 1 amide bonds. The highest BCUT2D eigenvalue weighted by molar-refractivity contribution is 5.88. The van der Waals surface area contributed by atoms with Crippen LogP contribution in [0.2, 0.25) is 0 Å². The van der Waals surface area contributed by atoms with E-state index < -0.39 is 0 Å². The molecule has 168 valence electrons. The predicted molar refractivity (Wildman–Crippen MR) is 124 cm³/mol. The maximum absolute atomic E-state index is 13.7. The molecule has 4 aliphatic rings. The first-order valence-electron chi connectivity index (χ1n) is 12.3. The molecule has 2 bridgehead atoms. The average molecular weight is 433 g/mol. The predicted octanol–water partition coefficient (Wildman–Crippen LogP) is 2.90. The van der Waals surface area contributed by atoms with Crippen LogP contribution in [0.3, 0.4) is 0 Å². The first-order valence-corrected chi connectivity index (χ1v) is 12.3. The van der Waals surface area contributed by atoms with Gasteiger partial charge in [0, 0.05) is 31.6 Å².